The number of halogens is 1. The van der Waals surface area contributed by atoms with E-state index in [1.54, 1.807) is 0 Å². The van der Waals surface area contributed by atoms with Crippen molar-refractivity contribution in [3.63, 3.8) is 0 Å². The minimum absolute atomic E-state index is 0.711. The van der Waals surface area contributed by atoms with E-state index in [1.165, 1.54) is 19.3 Å². The molecule has 2 heterocycles. The fraction of sp³-hybridized carbons (Fsp3) is 0.357. The maximum absolute atomic E-state index is 6.45. The van der Waals surface area contributed by atoms with Gasteiger partial charge in [-0.1, -0.05) is 29.8 Å². The van der Waals surface area contributed by atoms with Crippen LogP contribution in [0.2, 0.25) is 5.15 Å². The van der Waals surface area contributed by atoms with E-state index in [9.17, 15) is 0 Å². The molecular weight excluding hydrogens is 246 g/mol. The number of aromatic nitrogens is 2. The highest BCUT2D eigenvalue weighted by Crippen LogP contribution is 2.28. The summed E-state index contributed by atoms with van der Waals surface area (Å²) < 4.78 is 1.94. The Hall–Kier alpha value is -1.48. The van der Waals surface area contributed by atoms with Crippen LogP contribution in [0.1, 0.15) is 19.3 Å². The molecule has 0 spiro atoms. The van der Waals surface area contributed by atoms with Gasteiger partial charge in [0, 0.05) is 18.8 Å². The third-order valence-corrected chi connectivity index (χ3v) is 3.73. The molecule has 0 amide bonds. The maximum Gasteiger partial charge on any atom is 0.166 e. The van der Waals surface area contributed by atoms with Gasteiger partial charge in [0.05, 0.1) is 0 Å². The Labute approximate surface area is 112 Å². The first kappa shape index (κ1) is 11.6. The molecule has 0 saturated carbocycles. The minimum atomic E-state index is 0.711. The van der Waals surface area contributed by atoms with Crippen LogP contribution in [0.4, 0.5) is 5.82 Å². The molecule has 1 aromatic heterocycles. The summed E-state index contributed by atoms with van der Waals surface area (Å²) in [7, 11) is 0. The molecular formula is C14H16ClN3. The highest BCUT2D eigenvalue weighted by molar-refractivity contribution is 6.32. The molecule has 94 valence electrons. The highest BCUT2D eigenvalue weighted by atomic mass is 35.5. The molecule has 3 nitrogen and oxygen atoms in total. The first-order chi connectivity index (χ1) is 8.86. The van der Waals surface area contributed by atoms with Gasteiger partial charge in [-0.15, -0.1) is 0 Å². The largest absolute Gasteiger partial charge is 0.354 e. The summed E-state index contributed by atoms with van der Waals surface area (Å²) in [6, 6.07) is 10.1. The van der Waals surface area contributed by atoms with Crippen molar-refractivity contribution in [3.8, 4) is 5.69 Å². The number of piperidine rings is 1. The number of anilines is 1. The molecule has 0 N–H and O–H groups in total. The zero-order chi connectivity index (χ0) is 12.4. The number of hydrogen-bond acceptors (Lipinski definition) is 2. The first-order valence-corrected chi connectivity index (χ1v) is 6.77. The molecule has 4 heteroatoms. The number of hydrogen-bond donors (Lipinski definition) is 0. The summed E-state index contributed by atoms with van der Waals surface area (Å²) in [6.45, 7) is 2.12. The van der Waals surface area contributed by atoms with Gasteiger partial charge in [-0.25, -0.2) is 4.98 Å². The molecule has 0 atom stereocenters. The van der Waals surface area contributed by atoms with Crippen molar-refractivity contribution in [3.05, 3.63) is 41.8 Å². The fourth-order valence-corrected chi connectivity index (χ4v) is 2.72. The normalized spacial score (nSPS) is 15.9. The van der Waals surface area contributed by atoms with Crippen molar-refractivity contribution in [2.24, 2.45) is 0 Å². The SMILES string of the molecule is Clc1c(N2CCCCC2)ncn1-c1ccccc1. The Bertz CT molecular complexity index is 515. The van der Waals surface area contributed by atoms with Gasteiger partial charge >= 0.3 is 0 Å². The van der Waals surface area contributed by atoms with E-state index >= 15 is 0 Å². The summed E-state index contributed by atoms with van der Waals surface area (Å²) in [5, 5.41) is 0.711. The van der Waals surface area contributed by atoms with Crippen LogP contribution in [0.15, 0.2) is 36.7 Å². The van der Waals surface area contributed by atoms with Gasteiger partial charge in [-0.3, -0.25) is 4.57 Å². The van der Waals surface area contributed by atoms with Gasteiger partial charge in [0.1, 0.15) is 6.33 Å². The van der Waals surface area contributed by atoms with Gasteiger partial charge in [0.15, 0.2) is 11.0 Å². The van der Waals surface area contributed by atoms with E-state index in [-0.39, 0.29) is 0 Å². The molecule has 1 fully saturated rings. The van der Waals surface area contributed by atoms with E-state index < -0.39 is 0 Å². The summed E-state index contributed by atoms with van der Waals surface area (Å²) in [5.41, 5.74) is 1.05. The van der Waals surface area contributed by atoms with Crippen molar-refractivity contribution < 1.29 is 0 Å². The van der Waals surface area contributed by atoms with Crippen LogP contribution in [0.25, 0.3) is 5.69 Å². The van der Waals surface area contributed by atoms with Crippen LogP contribution in [-0.2, 0) is 0 Å². The summed E-state index contributed by atoms with van der Waals surface area (Å²) in [6.07, 6.45) is 5.58. The molecule has 0 unspecified atom stereocenters. The van der Waals surface area contributed by atoms with E-state index in [0.717, 1.165) is 24.6 Å². The predicted molar refractivity (Wildman–Crippen MR) is 74.6 cm³/mol. The lowest BCUT2D eigenvalue weighted by atomic mass is 10.1. The number of benzene rings is 1. The van der Waals surface area contributed by atoms with Crippen molar-refractivity contribution in [1.82, 2.24) is 9.55 Å². The van der Waals surface area contributed by atoms with E-state index in [0.29, 0.717) is 5.15 Å². The van der Waals surface area contributed by atoms with Gasteiger partial charge in [0.2, 0.25) is 0 Å². The molecule has 1 aromatic carbocycles. The van der Waals surface area contributed by atoms with E-state index in [4.69, 9.17) is 11.6 Å². The second-order valence-electron chi connectivity index (χ2n) is 4.61. The molecule has 0 radical (unpaired) electrons. The molecule has 18 heavy (non-hydrogen) atoms. The van der Waals surface area contributed by atoms with Crippen LogP contribution in [0, 0.1) is 0 Å². The van der Waals surface area contributed by atoms with Crippen molar-refractivity contribution in [1.29, 1.82) is 0 Å². The van der Waals surface area contributed by atoms with Crippen LogP contribution in [-0.4, -0.2) is 22.6 Å². The van der Waals surface area contributed by atoms with Crippen LogP contribution in [0.3, 0.4) is 0 Å². The lowest BCUT2D eigenvalue weighted by Gasteiger charge is -2.26. The monoisotopic (exact) mass is 261 g/mol. The molecule has 1 aliphatic heterocycles. The Morgan fingerprint density at radius 2 is 1.72 bits per heavy atom. The lowest BCUT2D eigenvalue weighted by molar-refractivity contribution is 0.574. The molecule has 1 saturated heterocycles. The number of imidazole rings is 1. The summed E-state index contributed by atoms with van der Waals surface area (Å²) >= 11 is 6.45. The van der Waals surface area contributed by atoms with Crippen molar-refractivity contribution >= 4 is 17.4 Å². The van der Waals surface area contributed by atoms with Crippen LogP contribution in [0.5, 0.6) is 0 Å². The standard InChI is InChI=1S/C14H16ClN3/c15-13-14(17-9-5-2-6-10-17)16-11-18(13)12-7-3-1-4-8-12/h1,3-4,7-8,11H,2,5-6,9-10H2. The average Bonchev–Trinajstić information content (AvgIpc) is 2.83. The second-order valence-corrected chi connectivity index (χ2v) is 4.97. The number of rotatable bonds is 2. The minimum Gasteiger partial charge on any atom is -0.354 e. The first-order valence-electron chi connectivity index (χ1n) is 6.39. The van der Waals surface area contributed by atoms with Crippen LogP contribution < -0.4 is 4.90 Å². The highest BCUT2D eigenvalue weighted by Gasteiger charge is 2.18. The Morgan fingerprint density at radius 1 is 1.00 bits per heavy atom. The summed E-state index contributed by atoms with van der Waals surface area (Å²) in [4.78, 5) is 6.76. The lowest BCUT2D eigenvalue weighted by Crippen LogP contribution is -2.29. The molecule has 2 aromatic rings. The molecule has 0 aliphatic carbocycles. The van der Waals surface area contributed by atoms with Crippen molar-refractivity contribution in [2.45, 2.75) is 19.3 Å². The number of para-hydroxylation sites is 1. The third kappa shape index (κ3) is 2.10. The quantitative estimate of drug-likeness (QED) is 0.825. The second kappa shape index (κ2) is 5.02. The molecule has 1 aliphatic rings. The van der Waals surface area contributed by atoms with E-state index in [1.807, 2.05) is 41.2 Å². The zero-order valence-corrected chi connectivity index (χ0v) is 11.0. The number of nitrogens with zero attached hydrogens (tertiary/aromatic N) is 3. The smallest absolute Gasteiger partial charge is 0.166 e. The fourth-order valence-electron chi connectivity index (χ4n) is 2.41. The van der Waals surface area contributed by atoms with E-state index in [2.05, 4.69) is 9.88 Å². The van der Waals surface area contributed by atoms with Gasteiger partial charge in [-0.05, 0) is 31.4 Å². The molecule has 3 rings (SSSR count). The topological polar surface area (TPSA) is 21.1 Å². The Balaban J connectivity index is 1.92. The predicted octanol–water partition coefficient (Wildman–Crippen LogP) is 3.52. The Morgan fingerprint density at radius 3 is 2.44 bits per heavy atom. The maximum atomic E-state index is 6.45. The van der Waals surface area contributed by atoms with Gasteiger partial charge in [0.25, 0.3) is 0 Å². The average molecular weight is 262 g/mol. The zero-order valence-electron chi connectivity index (χ0n) is 10.2. The van der Waals surface area contributed by atoms with Gasteiger partial charge in [-0.2, -0.15) is 0 Å². The van der Waals surface area contributed by atoms with Crippen LogP contribution >= 0.6 is 11.6 Å². The third-order valence-electron chi connectivity index (χ3n) is 3.38. The Kier molecular flexibility index (Phi) is 3.24. The summed E-state index contributed by atoms with van der Waals surface area (Å²) in [5.74, 6) is 0.917. The van der Waals surface area contributed by atoms with Crippen molar-refractivity contribution in [2.75, 3.05) is 18.0 Å². The van der Waals surface area contributed by atoms with Gasteiger partial charge < -0.3 is 4.90 Å². The molecule has 0 bridgehead atoms.